The van der Waals surface area contributed by atoms with Gasteiger partial charge in [0, 0.05) is 0 Å². The van der Waals surface area contributed by atoms with Gasteiger partial charge in [0.2, 0.25) is 0 Å². The minimum absolute atomic E-state index is 0.0427. The quantitative estimate of drug-likeness (QED) is 0.454. The zero-order valence-corrected chi connectivity index (χ0v) is 15.8. The molecule has 0 aromatic heterocycles. The van der Waals surface area contributed by atoms with Crippen molar-refractivity contribution in [1.29, 1.82) is 5.26 Å². The second-order valence-electron chi connectivity index (χ2n) is 5.70. The lowest BCUT2D eigenvalue weighted by molar-refractivity contribution is -0.112. The van der Waals surface area contributed by atoms with E-state index in [9.17, 15) is 10.1 Å². The first kappa shape index (κ1) is 18.8. The van der Waals surface area contributed by atoms with Crippen LogP contribution in [0.15, 0.2) is 60.2 Å². The number of fused-ring (bicyclic) bond motifs is 1. The Morgan fingerprint density at radius 2 is 1.85 bits per heavy atom. The van der Waals surface area contributed by atoms with Gasteiger partial charge < -0.3 is 10.1 Å². The number of nitrogens with zero attached hydrogens (tertiary/aromatic N) is 1. The predicted molar refractivity (Wildman–Crippen MR) is 109 cm³/mol. The summed E-state index contributed by atoms with van der Waals surface area (Å²) in [6.45, 7) is 0. The van der Waals surface area contributed by atoms with Gasteiger partial charge in [0.1, 0.15) is 17.4 Å². The largest absolute Gasteiger partial charge is 0.497 e. The van der Waals surface area contributed by atoms with Crippen molar-refractivity contribution in [3.05, 3.63) is 75.8 Å². The van der Waals surface area contributed by atoms with Crippen LogP contribution in [0, 0.1) is 11.3 Å². The summed E-state index contributed by atoms with van der Waals surface area (Å²) in [6, 6.07) is 18.1. The molecule has 0 spiro atoms. The number of hydrogen-bond acceptors (Lipinski definition) is 3. The van der Waals surface area contributed by atoms with Crippen molar-refractivity contribution < 1.29 is 9.53 Å². The number of amides is 1. The van der Waals surface area contributed by atoms with Crippen LogP contribution in [-0.4, -0.2) is 13.0 Å². The fourth-order valence-corrected chi connectivity index (χ4v) is 2.91. The molecule has 0 aliphatic carbocycles. The number of halogens is 2. The van der Waals surface area contributed by atoms with Crippen molar-refractivity contribution in [2.45, 2.75) is 0 Å². The molecule has 0 fully saturated rings. The zero-order valence-electron chi connectivity index (χ0n) is 14.3. The highest BCUT2D eigenvalue weighted by Crippen LogP contribution is 2.30. The van der Waals surface area contributed by atoms with Crippen molar-refractivity contribution in [3.8, 4) is 11.8 Å². The molecule has 3 aromatic rings. The van der Waals surface area contributed by atoms with Gasteiger partial charge in [-0.1, -0.05) is 47.5 Å². The molecule has 0 aliphatic rings. The topological polar surface area (TPSA) is 62.1 Å². The van der Waals surface area contributed by atoms with Crippen molar-refractivity contribution in [2.75, 3.05) is 12.4 Å². The third kappa shape index (κ3) is 4.22. The Labute approximate surface area is 166 Å². The molecule has 27 heavy (non-hydrogen) atoms. The van der Waals surface area contributed by atoms with Crippen LogP contribution in [0.1, 0.15) is 5.56 Å². The van der Waals surface area contributed by atoms with Gasteiger partial charge in [0.15, 0.2) is 0 Å². The number of rotatable bonds is 4. The number of nitriles is 1. The maximum Gasteiger partial charge on any atom is 0.266 e. The molecular formula is C21H14Cl2N2O2. The monoisotopic (exact) mass is 396 g/mol. The van der Waals surface area contributed by atoms with Gasteiger partial charge in [0.25, 0.3) is 5.91 Å². The molecule has 4 nitrogen and oxygen atoms in total. The minimum Gasteiger partial charge on any atom is -0.497 e. The number of hydrogen-bond donors (Lipinski definition) is 1. The van der Waals surface area contributed by atoms with Crippen LogP contribution in [-0.2, 0) is 4.79 Å². The molecule has 0 heterocycles. The van der Waals surface area contributed by atoms with Crippen LogP contribution in [0.3, 0.4) is 0 Å². The van der Waals surface area contributed by atoms with Crippen LogP contribution < -0.4 is 10.1 Å². The molecular weight excluding hydrogens is 383 g/mol. The summed E-state index contributed by atoms with van der Waals surface area (Å²) in [6.07, 6.45) is 1.53. The van der Waals surface area contributed by atoms with Gasteiger partial charge in [-0.15, -0.1) is 0 Å². The Balaban J connectivity index is 1.89. The Morgan fingerprint density at radius 1 is 1.11 bits per heavy atom. The van der Waals surface area contributed by atoms with Crippen molar-refractivity contribution >= 4 is 51.6 Å². The first-order valence-electron chi connectivity index (χ1n) is 7.97. The average Bonchev–Trinajstić information content (AvgIpc) is 2.69. The highest BCUT2D eigenvalue weighted by molar-refractivity contribution is 6.44. The SMILES string of the molecule is COc1ccc2cc(/C=C(\C#N)C(=O)Nc3cccc(Cl)c3Cl)ccc2c1. The number of carbonyl (C=O) groups excluding carboxylic acids is 1. The number of anilines is 1. The van der Waals surface area contributed by atoms with Crippen LogP contribution in [0.4, 0.5) is 5.69 Å². The van der Waals surface area contributed by atoms with Gasteiger partial charge in [-0.3, -0.25) is 4.79 Å². The van der Waals surface area contributed by atoms with E-state index < -0.39 is 5.91 Å². The van der Waals surface area contributed by atoms with Crippen LogP contribution in [0.25, 0.3) is 16.8 Å². The molecule has 0 radical (unpaired) electrons. The van der Waals surface area contributed by atoms with E-state index in [2.05, 4.69) is 5.32 Å². The first-order valence-corrected chi connectivity index (χ1v) is 8.72. The van der Waals surface area contributed by atoms with Crippen molar-refractivity contribution in [2.24, 2.45) is 0 Å². The summed E-state index contributed by atoms with van der Waals surface area (Å²) in [5, 5.41) is 14.5. The second-order valence-corrected chi connectivity index (χ2v) is 6.48. The lowest BCUT2D eigenvalue weighted by Crippen LogP contribution is -2.13. The number of carbonyl (C=O) groups is 1. The molecule has 3 aromatic carbocycles. The summed E-state index contributed by atoms with van der Waals surface area (Å²) in [4.78, 5) is 12.4. The molecule has 0 saturated carbocycles. The van der Waals surface area contributed by atoms with Crippen molar-refractivity contribution in [1.82, 2.24) is 0 Å². The molecule has 0 unspecified atom stereocenters. The van der Waals surface area contributed by atoms with E-state index in [0.717, 1.165) is 22.1 Å². The second kappa shape index (κ2) is 8.13. The van der Waals surface area contributed by atoms with E-state index >= 15 is 0 Å². The fourth-order valence-electron chi connectivity index (χ4n) is 2.56. The Morgan fingerprint density at radius 3 is 2.59 bits per heavy atom. The maximum atomic E-state index is 12.4. The highest BCUT2D eigenvalue weighted by Gasteiger charge is 2.13. The third-order valence-electron chi connectivity index (χ3n) is 3.95. The molecule has 0 aliphatic heterocycles. The van der Waals surface area contributed by atoms with Gasteiger partial charge >= 0.3 is 0 Å². The lowest BCUT2D eigenvalue weighted by Gasteiger charge is -2.08. The smallest absolute Gasteiger partial charge is 0.266 e. The van der Waals surface area contributed by atoms with E-state index in [0.29, 0.717) is 10.7 Å². The molecule has 3 rings (SSSR count). The van der Waals surface area contributed by atoms with Crippen LogP contribution in [0.5, 0.6) is 5.75 Å². The minimum atomic E-state index is -0.559. The van der Waals surface area contributed by atoms with E-state index in [1.54, 1.807) is 25.3 Å². The van der Waals surface area contributed by atoms with E-state index in [-0.39, 0.29) is 10.6 Å². The van der Waals surface area contributed by atoms with Gasteiger partial charge in [-0.05, 0) is 52.7 Å². The number of methoxy groups -OCH3 is 1. The summed E-state index contributed by atoms with van der Waals surface area (Å²) < 4.78 is 5.21. The van der Waals surface area contributed by atoms with E-state index in [1.165, 1.54) is 6.08 Å². The Hall–Kier alpha value is -3.00. The van der Waals surface area contributed by atoms with Gasteiger partial charge in [-0.25, -0.2) is 0 Å². The van der Waals surface area contributed by atoms with Crippen molar-refractivity contribution in [3.63, 3.8) is 0 Å². The van der Waals surface area contributed by atoms with E-state index in [4.69, 9.17) is 27.9 Å². The molecule has 1 amide bonds. The summed E-state index contributed by atoms with van der Waals surface area (Å²) >= 11 is 12.0. The van der Waals surface area contributed by atoms with Gasteiger partial charge in [-0.2, -0.15) is 5.26 Å². The van der Waals surface area contributed by atoms with Crippen LogP contribution in [0.2, 0.25) is 10.0 Å². The molecule has 1 N–H and O–H groups in total. The zero-order chi connectivity index (χ0) is 19.4. The fraction of sp³-hybridized carbons (Fsp3) is 0.0476. The Kier molecular flexibility index (Phi) is 5.66. The lowest BCUT2D eigenvalue weighted by atomic mass is 10.0. The number of nitrogens with one attached hydrogen (secondary N) is 1. The van der Waals surface area contributed by atoms with Crippen LogP contribution >= 0.6 is 23.2 Å². The third-order valence-corrected chi connectivity index (χ3v) is 4.77. The van der Waals surface area contributed by atoms with E-state index in [1.807, 2.05) is 42.5 Å². The van der Waals surface area contributed by atoms with Gasteiger partial charge in [0.05, 0.1) is 22.8 Å². The highest BCUT2D eigenvalue weighted by atomic mass is 35.5. The summed E-state index contributed by atoms with van der Waals surface area (Å²) in [5.41, 5.74) is 1.04. The first-order chi connectivity index (χ1) is 13.0. The normalized spacial score (nSPS) is 11.1. The molecule has 0 atom stereocenters. The average molecular weight is 397 g/mol. The molecule has 6 heteroatoms. The molecule has 0 saturated heterocycles. The summed E-state index contributed by atoms with van der Waals surface area (Å²) in [7, 11) is 1.61. The molecule has 134 valence electrons. The number of ether oxygens (including phenoxy) is 1. The Bertz CT molecular complexity index is 1100. The summed E-state index contributed by atoms with van der Waals surface area (Å²) in [5.74, 6) is 0.206. The number of benzene rings is 3. The predicted octanol–water partition coefficient (Wildman–Crippen LogP) is 5.70. The standard InChI is InChI=1S/C21H14Cl2N2O2/c1-27-17-8-7-14-9-13(5-6-15(14)11-17)10-16(12-24)21(26)25-19-4-2-3-18(22)20(19)23/h2-11H,1H3,(H,25,26)/b16-10+. The maximum absolute atomic E-state index is 12.4. The molecule has 0 bridgehead atoms.